The second-order valence-corrected chi connectivity index (χ2v) is 4.12. The minimum Gasteiger partial charge on any atom is -0.380 e. The number of hydrogen-bond donors (Lipinski definition) is 2. The van der Waals surface area contributed by atoms with E-state index in [-0.39, 0.29) is 6.04 Å². The van der Waals surface area contributed by atoms with E-state index >= 15 is 0 Å². The molecule has 0 heterocycles. The van der Waals surface area contributed by atoms with Crippen LogP contribution in [0.4, 0.5) is 5.69 Å². The molecule has 1 atom stereocenters. The lowest BCUT2D eigenvalue weighted by Gasteiger charge is -2.15. The maximum Gasteiger partial charge on any atom is 0.102 e. The number of nitriles is 1. The van der Waals surface area contributed by atoms with Crippen LogP contribution in [0.3, 0.4) is 0 Å². The van der Waals surface area contributed by atoms with Crippen LogP contribution >= 0.6 is 11.8 Å². The third-order valence-corrected chi connectivity index (χ3v) is 2.89. The second kappa shape index (κ2) is 5.64. The first-order valence-corrected chi connectivity index (χ1v) is 5.99. The van der Waals surface area contributed by atoms with Gasteiger partial charge in [0.15, 0.2) is 0 Å². The first kappa shape index (κ1) is 11.9. The van der Waals surface area contributed by atoms with Gasteiger partial charge in [-0.3, -0.25) is 0 Å². The number of thioether (sulfide) groups is 1. The number of nitrogens with zero attached hydrogens (tertiary/aromatic N) is 1. The van der Waals surface area contributed by atoms with Gasteiger partial charge in [-0.2, -0.15) is 5.26 Å². The molecule has 0 bridgehead atoms. The summed E-state index contributed by atoms with van der Waals surface area (Å²) in [5.74, 6) is 0. The highest BCUT2D eigenvalue weighted by Gasteiger charge is 2.08. The molecule has 0 aliphatic heterocycles. The molecule has 0 fully saturated rings. The molecule has 1 unspecified atom stereocenters. The van der Waals surface area contributed by atoms with Gasteiger partial charge in [-0.25, -0.2) is 0 Å². The van der Waals surface area contributed by atoms with Crippen molar-refractivity contribution in [2.75, 3.05) is 18.1 Å². The fourth-order valence-electron chi connectivity index (χ4n) is 1.26. The van der Waals surface area contributed by atoms with Crippen molar-refractivity contribution in [2.24, 2.45) is 5.73 Å². The van der Waals surface area contributed by atoms with Crippen LogP contribution in [0.1, 0.15) is 12.5 Å². The lowest BCUT2D eigenvalue weighted by atomic mass is 10.1. The minimum absolute atomic E-state index is 0.175. The summed E-state index contributed by atoms with van der Waals surface area (Å²) in [6.45, 7) is 2.54. The molecule has 3 N–H and O–H groups in total. The van der Waals surface area contributed by atoms with Gasteiger partial charge in [0.25, 0.3) is 0 Å². The molecule has 80 valence electrons. The zero-order valence-corrected chi connectivity index (χ0v) is 9.77. The third-order valence-electron chi connectivity index (χ3n) is 2.11. The molecule has 0 amide bonds. The molecule has 15 heavy (non-hydrogen) atoms. The molecule has 0 radical (unpaired) electrons. The Labute approximate surface area is 94.7 Å². The Bertz CT molecular complexity index is 371. The number of nitrogens with one attached hydrogen (secondary N) is 1. The Morgan fingerprint density at radius 1 is 1.60 bits per heavy atom. The van der Waals surface area contributed by atoms with Crippen LogP contribution in [0.15, 0.2) is 23.1 Å². The minimum atomic E-state index is 0.175. The molecular formula is C11H15N3S. The Morgan fingerprint density at radius 3 is 2.87 bits per heavy atom. The topological polar surface area (TPSA) is 61.8 Å². The first-order valence-electron chi connectivity index (χ1n) is 4.76. The molecule has 0 aromatic heterocycles. The number of rotatable bonds is 4. The average molecular weight is 221 g/mol. The van der Waals surface area contributed by atoms with E-state index in [0.717, 1.165) is 10.6 Å². The van der Waals surface area contributed by atoms with Gasteiger partial charge in [0, 0.05) is 17.5 Å². The number of nitrogens with two attached hydrogens (primary N) is 1. The fourth-order valence-corrected chi connectivity index (χ4v) is 1.84. The summed E-state index contributed by atoms with van der Waals surface area (Å²) in [4.78, 5) is 0.992. The summed E-state index contributed by atoms with van der Waals surface area (Å²) >= 11 is 1.58. The number of anilines is 1. The summed E-state index contributed by atoms with van der Waals surface area (Å²) in [6, 6.07) is 8.19. The van der Waals surface area contributed by atoms with Gasteiger partial charge in [-0.15, -0.1) is 11.8 Å². The molecule has 0 aliphatic carbocycles. The summed E-state index contributed by atoms with van der Waals surface area (Å²) in [5, 5.41) is 12.3. The summed E-state index contributed by atoms with van der Waals surface area (Å²) in [7, 11) is 0. The van der Waals surface area contributed by atoms with Gasteiger partial charge in [-0.05, 0) is 25.3 Å². The van der Waals surface area contributed by atoms with Crippen molar-refractivity contribution in [2.45, 2.75) is 17.9 Å². The number of hydrogen-bond acceptors (Lipinski definition) is 4. The van der Waals surface area contributed by atoms with Crippen molar-refractivity contribution in [3.8, 4) is 6.07 Å². The van der Waals surface area contributed by atoms with Crippen molar-refractivity contribution in [1.82, 2.24) is 0 Å². The van der Waals surface area contributed by atoms with Crippen molar-refractivity contribution in [1.29, 1.82) is 5.26 Å². The molecule has 0 saturated carbocycles. The molecule has 1 rings (SSSR count). The van der Waals surface area contributed by atoms with Gasteiger partial charge in [-0.1, -0.05) is 6.07 Å². The van der Waals surface area contributed by atoms with E-state index in [1.807, 2.05) is 31.4 Å². The Kier molecular flexibility index (Phi) is 4.47. The molecule has 3 nitrogen and oxygen atoms in total. The van der Waals surface area contributed by atoms with Crippen LogP contribution < -0.4 is 11.1 Å². The quantitative estimate of drug-likeness (QED) is 0.764. The van der Waals surface area contributed by atoms with E-state index < -0.39 is 0 Å². The van der Waals surface area contributed by atoms with Gasteiger partial charge in [0.05, 0.1) is 11.3 Å². The number of benzene rings is 1. The van der Waals surface area contributed by atoms with Crippen molar-refractivity contribution >= 4 is 17.4 Å². The van der Waals surface area contributed by atoms with Crippen LogP contribution in [0, 0.1) is 11.3 Å². The normalized spacial score (nSPS) is 11.9. The van der Waals surface area contributed by atoms with Gasteiger partial charge >= 0.3 is 0 Å². The zero-order valence-electron chi connectivity index (χ0n) is 8.95. The fraction of sp³-hybridized carbons (Fsp3) is 0.364. The van der Waals surface area contributed by atoms with E-state index in [0.29, 0.717) is 12.1 Å². The van der Waals surface area contributed by atoms with Crippen LogP contribution in [-0.4, -0.2) is 18.8 Å². The summed E-state index contributed by atoms with van der Waals surface area (Å²) in [5.41, 5.74) is 7.09. The standard InChI is InChI=1S/C11H15N3S/c1-8(6-12)14-10-4-3-5-11(15-2)9(10)7-13/h3-5,8,14H,6,12H2,1-2H3. The van der Waals surface area contributed by atoms with E-state index in [1.54, 1.807) is 11.8 Å². The average Bonchev–Trinajstić information content (AvgIpc) is 2.28. The highest BCUT2D eigenvalue weighted by molar-refractivity contribution is 7.98. The van der Waals surface area contributed by atoms with Gasteiger partial charge in [0.2, 0.25) is 0 Å². The van der Waals surface area contributed by atoms with E-state index in [4.69, 9.17) is 11.0 Å². The smallest absolute Gasteiger partial charge is 0.102 e. The molecule has 1 aromatic carbocycles. The zero-order chi connectivity index (χ0) is 11.3. The molecule has 4 heteroatoms. The maximum atomic E-state index is 9.08. The second-order valence-electron chi connectivity index (χ2n) is 3.28. The lowest BCUT2D eigenvalue weighted by molar-refractivity contribution is 0.803. The van der Waals surface area contributed by atoms with Gasteiger partial charge in [0.1, 0.15) is 6.07 Å². The monoisotopic (exact) mass is 221 g/mol. The Hall–Kier alpha value is -1.18. The van der Waals surface area contributed by atoms with Crippen molar-refractivity contribution < 1.29 is 0 Å². The highest BCUT2D eigenvalue weighted by Crippen LogP contribution is 2.26. The SMILES string of the molecule is CSc1cccc(NC(C)CN)c1C#N. The maximum absolute atomic E-state index is 9.08. The molecule has 0 aliphatic rings. The largest absolute Gasteiger partial charge is 0.380 e. The van der Waals surface area contributed by atoms with Crippen LogP contribution in [0.5, 0.6) is 0 Å². The predicted molar refractivity (Wildman–Crippen MR) is 65.1 cm³/mol. The lowest BCUT2D eigenvalue weighted by Crippen LogP contribution is -2.25. The Balaban J connectivity index is 3.02. The van der Waals surface area contributed by atoms with Crippen LogP contribution in [0.25, 0.3) is 0 Å². The highest BCUT2D eigenvalue weighted by atomic mass is 32.2. The summed E-state index contributed by atoms with van der Waals surface area (Å²) in [6.07, 6.45) is 1.96. The van der Waals surface area contributed by atoms with Gasteiger partial charge < -0.3 is 11.1 Å². The molecule has 1 aromatic rings. The van der Waals surface area contributed by atoms with E-state index in [1.165, 1.54) is 0 Å². The summed E-state index contributed by atoms with van der Waals surface area (Å²) < 4.78 is 0. The van der Waals surface area contributed by atoms with Crippen LogP contribution in [-0.2, 0) is 0 Å². The molecule has 0 spiro atoms. The third kappa shape index (κ3) is 2.88. The Morgan fingerprint density at radius 2 is 2.33 bits per heavy atom. The molecule has 0 saturated heterocycles. The predicted octanol–water partition coefficient (Wildman–Crippen LogP) is 2.04. The first-order chi connectivity index (χ1) is 7.22. The van der Waals surface area contributed by atoms with Crippen molar-refractivity contribution in [3.63, 3.8) is 0 Å². The van der Waals surface area contributed by atoms with Crippen LogP contribution in [0.2, 0.25) is 0 Å². The van der Waals surface area contributed by atoms with Crippen molar-refractivity contribution in [3.05, 3.63) is 23.8 Å². The van der Waals surface area contributed by atoms with E-state index in [2.05, 4.69) is 11.4 Å². The molecular weight excluding hydrogens is 206 g/mol. The van der Waals surface area contributed by atoms with E-state index in [9.17, 15) is 0 Å².